The first kappa shape index (κ1) is 20.4. The molecule has 5 heteroatoms. The van der Waals surface area contributed by atoms with Gasteiger partial charge in [0, 0.05) is 18.4 Å². The number of allylic oxidation sites excluding steroid dienone is 1. The Balaban J connectivity index is 2.23. The molecule has 3 rings (SSSR count). The van der Waals surface area contributed by atoms with E-state index in [2.05, 4.69) is 24.0 Å². The van der Waals surface area contributed by atoms with Crippen molar-refractivity contribution in [1.29, 1.82) is 5.26 Å². The summed E-state index contributed by atoms with van der Waals surface area (Å²) in [5.74, 6) is 0.499. The lowest BCUT2D eigenvalue weighted by Crippen LogP contribution is -2.12. The molecule has 4 nitrogen and oxygen atoms in total. The number of nitriles is 1. The van der Waals surface area contributed by atoms with E-state index in [0.717, 1.165) is 54.4 Å². The number of aliphatic hydroxyl groups excluding tert-OH is 1. The van der Waals surface area contributed by atoms with Crippen molar-refractivity contribution >= 4 is 22.9 Å². The molecule has 0 amide bonds. The quantitative estimate of drug-likeness (QED) is 0.759. The SMILES string of the molecule is C/C1=C(\c2cncc(N)c2Cl)c2cc(C#N)c(C)cc2CCC(CCCO)C1. The Hall–Kier alpha value is -2.35. The van der Waals surface area contributed by atoms with Crippen molar-refractivity contribution in [3.63, 3.8) is 0 Å². The minimum Gasteiger partial charge on any atom is -0.396 e. The van der Waals surface area contributed by atoms with Crippen LogP contribution in [-0.2, 0) is 6.42 Å². The molecular formula is C23H26ClN3O. The summed E-state index contributed by atoms with van der Waals surface area (Å²) in [7, 11) is 0. The van der Waals surface area contributed by atoms with Gasteiger partial charge in [-0.1, -0.05) is 23.2 Å². The predicted octanol–water partition coefficient (Wildman–Crippen LogP) is 5.04. The highest BCUT2D eigenvalue weighted by molar-refractivity contribution is 6.35. The molecule has 0 saturated carbocycles. The van der Waals surface area contributed by atoms with Crippen molar-refractivity contribution in [2.24, 2.45) is 5.92 Å². The normalized spacial score (nSPS) is 19.5. The molecule has 1 aliphatic rings. The number of aromatic nitrogens is 1. The van der Waals surface area contributed by atoms with Crippen LogP contribution in [0.3, 0.4) is 0 Å². The van der Waals surface area contributed by atoms with E-state index in [1.54, 1.807) is 12.4 Å². The number of aliphatic hydroxyl groups is 1. The maximum absolute atomic E-state index is 9.56. The lowest BCUT2D eigenvalue weighted by molar-refractivity contribution is 0.267. The van der Waals surface area contributed by atoms with Gasteiger partial charge in [0.05, 0.1) is 28.5 Å². The fourth-order valence-electron chi connectivity index (χ4n) is 4.19. The Morgan fingerprint density at radius 1 is 1.29 bits per heavy atom. The van der Waals surface area contributed by atoms with Crippen LogP contribution in [0.2, 0.25) is 5.02 Å². The summed E-state index contributed by atoms with van der Waals surface area (Å²) in [6.07, 6.45) is 8.05. The maximum Gasteiger partial charge on any atom is 0.0994 e. The summed E-state index contributed by atoms with van der Waals surface area (Å²) in [5.41, 5.74) is 13.5. The second-order valence-corrected chi connectivity index (χ2v) is 8.03. The van der Waals surface area contributed by atoms with Crippen LogP contribution < -0.4 is 5.73 Å². The van der Waals surface area contributed by atoms with Gasteiger partial charge in [0.2, 0.25) is 0 Å². The lowest BCUT2D eigenvalue weighted by Gasteiger charge is -2.26. The Labute approximate surface area is 171 Å². The molecule has 1 aromatic heterocycles. The number of anilines is 1. The first-order chi connectivity index (χ1) is 13.5. The zero-order chi connectivity index (χ0) is 20.3. The molecule has 1 aromatic carbocycles. The first-order valence-electron chi connectivity index (χ1n) is 9.70. The molecule has 3 N–H and O–H groups in total. The maximum atomic E-state index is 9.56. The van der Waals surface area contributed by atoms with Crippen LogP contribution >= 0.6 is 11.6 Å². The van der Waals surface area contributed by atoms with Crippen LogP contribution in [0.5, 0.6) is 0 Å². The topological polar surface area (TPSA) is 82.9 Å². The van der Waals surface area contributed by atoms with Gasteiger partial charge in [-0.05, 0) is 80.2 Å². The average Bonchev–Trinajstić information content (AvgIpc) is 2.67. The third kappa shape index (κ3) is 4.06. The molecule has 1 atom stereocenters. The number of pyridine rings is 1. The van der Waals surface area contributed by atoms with Crippen LogP contribution in [0.15, 0.2) is 30.1 Å². The highest BCUT2D eigenvalue weighted by Gasteiger charge is 2.23. The van der Waals surface area contributed by atoms with Crippen molar-refractivity contribution < 1.29 is 5.11 Å². The second-order valence-electron chi connectivity index (χ2n) is 7.66. The molecule has 146 valence electrons. The molecule has 2 aromatic rings. The molecule has 0 saturated heterocycles. The lowest BCUT2D eigenvalue weighted by atomic mass is 9.79. The molecule has 1 heterocycles. The van der Waals surface area contributed by atoms with Crippen molar-refractivity contribution in [2.45, 2.75) is 46.0 Å². The summed E-state index contributed by atoms with van der Waals surface area (Å²) < 4.78 is 0. The van der Waals surface area contributed by atoms with Gasteiger partial charge in [0.15, 0.2) is 0 Å². The number of nitrogens with zero attached hydrogens (tertiary/aromatic N) is 2. The monoisotopic (exact) mass is 395 g/mol. The zero-order valence-corrected chi connectivity index (χ0v) is 17.2. The van der Waals surface area contributed by atoms with Gasteiger partial charge >= 0.3 is 0 Å². The van der Waals surface area contributed by atoms with E-state index in [0.29, 0.717) is 22.2 Å². The first-order valence-corrected chi connectivity index (χ1v) is 10.1. The summed E-state index contributed by atoms with van der Waals surface area (Å²) in [6.45, 7) is 4.33. The van der Waals surface area contributed by atoms with Gasteiger partial charge in [-0.25, -0.2) is 0 Å². The van der Waals surface area contributed by atoms with Gasteiger partial charge in [-0.15, -0.1) is 0 Å². The highest BCUT2D eigenvalue weighted by atomic mass is 35.5. The van der Waals surface area contributed by atoms with Crippen molar-refractivity contribution in [1.82, 2.24) is 4.98 Å². The summed E-state index contributed by atoms with van der Waals surface area (Å²) in [5, 5.41) is 19.3. The molecule has 1 unspecified atom stereocenters. The van der Waals surface area contributed by atoms with E-state index in [9.17, 15) is 10.4 Å². The Morgan fingerprint density at radius 2 is 2.07 bits per heavy atom. The van der Waals surface area contributed by atoms with Crippen molar-refractivity contribution in [3.8, 4) is 6.07 Å². The van der Waals surface area contributed by atoms with Gasteiger partial charge < -0.3 is 10.8 Å². The Kier molecular flexibility index (Phi) is 6.39. The van der Waals surface area contributed by atoms with Crippen LogP contribution in [0.4, 0.5) is 5.69 Å². The predicted molar refractivity (Wildman–Crippen MR) is 114 cm³/mol. The number of hydrogen-bond acceptors (Lipinski definition) is 4. The molecule has 28 heavy (non-hydrogen) atoms. The van der Waals surface area contributed by atoms with E-state index in [1.165, 1.54) is 11.1 Å². The third-order valence-corrected chi connectivity index (χ3v) is 6.05. The molecule has 1 aliphatic carbocycles. The van der Waals surface area contributed by atoms with E-state index >= 15 is 0 Å². The Morgan fingerprint density at radius 3 is 2.79 bits per heavy atom. The number of benzene rings is 1. The smallest absolute Gasteiger partial charge is 0.0994 e. The largest absolute Gasteiger partial charge is 0.396 e. The summed E-state index contributed by atoms with van der Waals surface area (Å²) in [6, 6.07) is 6.42. The van der Waals surface area contributed by atoms with Crippen molar-refractivity contribution in [2.75, 3.05) is 12.3 Å². The second kappa shape index (κ2) is 8.77. The van der Waals surface area contributed by atoms with Gasteiger partial charge in [0.25, 0.3) is 0 Å². The Bertz CT molecular complexity index is 959. The van der Waals surface area contributed by atoms with E-state index in [4.69, 9.17) is 17.3 Å². The van der Waals surface area contributed by atoms with Gasteiger partial charge in [-0.3, -0.25) is 4.98 Å². The van der Waals surface area contributed by atoms with E-state index in [1.807, 2.05) is 13.0 Å². The molecule has 0 bridgehead atoms. The minimum atomic E-state index is 0.221. The molecular weight excluding hydrogens is 370 g/mol. The summed E-state index contributed by atoms with van der Waals surface area (Å²) >= 11 is 6.58. The number of hydrogen-bond donors (Lipinski definition) is 2. The number of halogens is 1. The third-order valence-electron chi connectivity index (χ3n) is 5.63. The number of rotatable bonds is 4. The van der Waals surface area contributed by atoms with E-state index < -0.39 is 0 Å². The fraction of sp³-hybridized carbons (Fsp3) is 0.391. The van der Waals surface area contributed by atoms with Crippen LogP contribution in [0.25, 0.3) is 5.57 Å². The summed E-state index contributed by atoms with van der Waals surface area (Å²) in [4.78, 5) is 4.27. The van der Waals surface area contributed by atoms with E-state index in [-0.39, 0.29) is 6.61 Å². The van der Waals surface area contributed by atoms with Crippen LogP contribution in [-0.4, -0.2) is 16.7 Å². The van der Waals surface area contributed by atoms with Crippen LogP contribution in [0, 0.1) is 24.2 Å². The minimum absolute atomic E-state index is 0.221. The van der Waals surface area contributed by atoms with Crippen molar-refractivity contribution in [3.05, 3.63) is 62.9 Å². The number of nitrogens with two attached hydrogens (primary N) is 1. The standard InChI is InChI=1S/C23H26ClN3O/c1-14-9-17-6-5-16(4-3-7-28)8-15(2)22(19(17)10-18(14)11-25)20-12-27-13-21(26)23(20)24/h9-10,12-13,16,28H,3-8,26H2,1-2H3/b22-15+. The average molecular weight is 396 g/mol. The van der Waals surface area contributed by atoms with Gasteiger partial charge in [0.1, 0.15) is 0 Å². The highest BCUT2D eigenvalue weighted by Crippen LogP contribution is 2.41. The molecule has 0 aliphatic heterocycles. The molecule has 0 fully saturated rings. The molecule has 0 spiro atoms. The number of aryl methyl sites for hydroxylation is 2. The fourth-order valence-corrected chi connectivity index (χ4v) is 4.38. The number of nitrogen functional groups attached to an aromatic ring is 1. The number of fused-ring (bicyclic) bond motifs is 1. The molecule has 0 radical (unpaired) electrons. The van der Waals surface area contributed by atoms with Gasteiger partial charge in [-0.2, -0.15) is 5.26 Å². The van der Waals surface area contributed by atoms with Crippen LogP contribution in [0.1, 0.15) is 60.4 Å². The zero-order valence-electron chi connectivity index (χ0n) is 16.4.